The summed E-state index contributed by atoms with van der Waals surface area (Å²) >= 11 is -2.06. The maximum atomic E-state index is 13.2. The molecule has 0 radical (unpaired) electrons. The lowest BCUT2D eigenvalue weighted by Crippen LogP contribution is -2.10. The van der Waals surface area contributed by atoms with Gasteiger partial charge in [0.05, 0.1) is 36.2 Å². The van der Waals surface area contributed by atoms with Crippen LogP contribution in [0.25, 0.3) is 16.7 Å². The molecule has 0 aliphatic heterocycles. The second-order valence-electron chi connectivity index (χ2n) is 5.18. The SMILES string of the molecule is [2H]c1nc(C[S+]([O-])c2nc3c([2H])c(-n4c([2H])c([2H])c([2H])c4[2H])c([2H])c([2H])c3n2[2H])c(C)c(OC)c1[2H]. The molecule has 0 fully saturated rings. The first-order chi connectivity index (χ1) is 16.8. The molecule has 0 spiro atoms. The first kappa shape index (κ1) is 8.75. The smallest absolute Gasteiger partial charge is 0.322 e. The number of aromatic nitrogens is 4. The largest absolute Gasteiger partial charge is 0.609 e. The molecule has 0 saturated heterocycles. The van der Waals surface area contributed by atoms with Crippen LogP contribution in [0.2, 0.25) is 1.41 Å². The van der Waals surface area contributed by atoms with Crippen molar-refractivity contribution in [1.29, 1.82) is 0 Å². The summed E-state index contributed by atoms with van der Waals surface area (Å²) in [5, 5.41) is -0.364. The number of pyridine rings is 1. The quantitative estimate of drug-likeness (QED) is 0.542. The van der Waals surface area contributed by atoms with Crippen LogP contribution in [0.4, 0.5) is 0 Å². The Hall–Kier alpha value is -2.77. The van der Waals surface area contributed by atoms with Crippen molar-refractivity contribution in [3.05, 3.63) is 66.0 Å². The van der Waals surface area contributed by atoms with E-state index in [1.54, 1.807) is 6.92 Å². The van der Waals surface area contributed by atoms with E-state index in [0.29, 0.717) is 10.5 Å². The highest BCUT2D eigenvalue weighted by Crippen LogP contribution is 2.24. The molecule has 1 unspecified atom stereocenters. The molecular formula is C19H18N4O2S. The standard InChI is InChI=1S/C19H18N4O2S/c1-13-17(20-8-7-18(13)25-2)12-26(24)19-21-15-6-5-14(11-16(15)22-19)23-9-3-4-10-23/h3-11H,12H2,1-2H3,(H,21,22)/i3D,4D,5D,6D,7D,8D,9D,10D,11D/hD. The number of benzene rings is 1. The van der Waals surface area contributed by atoms with Gasteiger partial charge in [0.2, 0.25) is 0 Å². The average Bonchev–Trinajstić information content (AvgIpc) is 3.27. The highest BCUT2D eigenvalue weighted by molar-refractivity contribution is 7.90. The monoisotopic (exact) mass is 376 g/mol. The van der Waals surface area contributed by atoms with Crippen LogP contribution in [0.5, 0.6) is 5.75 Å². The van der Waals surface area contributed by atoms with Gasteiger partial charge in [0.25, 0.3) is 0 Å². The molecule has 0 saturated carbocycles. The lowest BCUT2D eigenvalue weighted by molar-refractivity contribution is 0.410. The molecule has 6 nitrogen and oxygen atoms in total. The predicted octanol–water partition coefficient (Wildman–Crippen LogP) is 3.37. The number of hydrogen-bond acceptors (Lipinski definition) is 4. The molecule has 1 N–H and O–H groups in total. The zero-order valence-electron chi connectivity index (χ0n) is 23.7. The van der Waals surface area contributed by atoms with Crippen LogP contribution in [-0.4, -0.2) is 31.2 Å². The highest BCUT2D eigenvalue weighted by atomic mass is 32.2. The van der Waals surface area contributed by atoms with Crippen molar-refractivity contribution in [2.45, 2.75) is 17.8 Å². The second-order valence-corrected chi connectivity index (χ2v) is 6.52. The minimum absolute atomic E-state index is 0.0957. The van der Waals surface area contributed by atoms with Crippen LogP contribution in [0.1, 0.15) is 23.6 Å². The van der Waals surface area contributed by atoms with Crippen molar-refractivity contribution in [3.63, 3.8) is 0 Å². The summed E-state index contributed by atoms with van der Waals surface area (Å²) < 4.78 is 100. The molecule has 0 amide bonds. The molecule has 1 aromatic carbocycles. The summed E-state index contributed by atoms with van der Waals surface area (Å²) in [5.74, 6) is -0.216. The Balaban J connectivity index is 1.89. The van der Waals surface area contributed by atoms with Crippen molar-refractivity contribution < 1.29 is 23.0 Å². The first-order valence-corrected chi connectivity index (χ1v) is 8.71. The average molecular weight is 377 g/mol. The third-order valence-corrected chi connectivity index (χ3v) is 4.73. The van der Waals surface area contributed by atoms with Crippen LogP contribution >= 0.6 is 0 Å². The van der Waals surface area contributed by atoms with Gasteiger partial charge in [-0.25, -0.2) is 0 Å². The molecule has 26 heavy (non-hydrogen) atoms. The van der Waals surface area contributed by atoms with Crippen molar-refractivity contribution in [3.8, 4) is 11.4 Å². The van der Waals surface area contributed by atoms with Gasteiger partial charge in [-0.05, 0) is 43.2 Å². The Morgan fingerprint density at radius 2 is 2.15 bits per heavy atom. The van der Waals surface area contributed by atoms with Gasteiger partial charge in [-0.3, -0.25) is 9.96 Å². The molecule has 7 heteroatoms. The molecule has 4 aromatic rings. The number of hydrogen-bond donors (Lipinski definition) is 1. The van der Waals surface area contributed by atoms with Crippen LogP contribution < -0.4 is 4.74 Å². The van der Waals surface area contributed by atoms with Crippen molar-refractivity contribution in [1.82, 2.24) is 19.5 Å². The Morgan fingerprint density at radius 1 is 1.35 bits per heavy atom. The molecule has 3 aromatic heterocycles. The highest BCUT2D eigenvalue weighted by Gasteiger charge is 2.20. The molecule has 3 heterocycles. The Bertz CT molecular complexity index is 1530. The van der Waals surface area contributed by atoms with E-state index in [4.69, 9.17) is 18.5 Å². The summed E-state index contributed by atoms with van der Waals surface area (Å²) in [7, 11) is 1.33. The summed E-state index contributed by atoms with van der Waals surface area (Å²) in [5.41, 5.74) is -0.428. The molecule has 0 aliphatic carbocycles. The van der Waals surface area contributed by atoms with Crippen molar-refractivity contribution >= 4 is 22.2 Å². The zero-order chi connectivity index (χ0) is 26.8. The molecule has 0 aliphatic rings. The predicted molar refractivity (Wildman–Crippen MR) is 101 cm³/mol. The second kappa shape index (κ2) is 6.86. The van der Waals surface area contributed by atoms with Crippen molar-refractivity contribution in [2.24, 2.45) is 0 Å². The lowest BCUT2D eigenvalue weighted by atomic mass is 10.2. The lowest BCUT2D eigenvalue weighted by Gasteiger charge is -2.10. The topological polar surface area (TPSA) is 78.8 Å². The maximum Gasteiger partial charge on any atom is 0.322 e. The fraction of sp³-hybridized carbons (Fsp3) is 0.158. The Labute approximate surface area is 168 Å². The molecule has 132 valence electrons. The van der Waals surface area contributed by atoms with E-state index in [-0.39, 0.29) is 45.6 Å². The number of imidazole rings is 1. The van der Waals surface area contributed by atoms with Gasteiger partial charge in [0.15, 0.2) is 7.16 Å². The molecule has 0 bridgehead atoms. The number of aromatic amines is 1. The van der Waals surface area contributed by atoms with Crippen molar-refractivity contribution in [2.75, 3.05) is 7.11 Å². The zero-order valence-corrected chi connectivity index (χ0v) is 14.5. The number of H-pyrrole nitrogens is 1. The minimum atomic E-state index is -2.06. The van der Waals surface area contributed by atoms with E-state index in [2.05, 4.69) is 9.97 Å². The summed E-state index contributed by atoms with van der Waals surface area (Å²) in [6.07, 6.45) is -1.61. The number of ether oxygens (including phenoxy) is 1. The summed E-state index contributed by atoms with van der Waals surface area (Å²) in [6.45, 7) is 1.58. The van der Waals surface area contributed by atoms with E-state index in [0.717, 1.165) is 4.57 Å². The van der Waals surface area contributed by atoms with E-state index in [9.17, 15) is 4.55 Å². The third kappa shape index (κ3) is 3.07. The Kier molecular flexibility index (Phi) is 2.31. The van der Waals surface area contributed by atoms with Crippen LogP contribution in [0.3, 0.4) is 0 Å². The molecule has 1 atom stereocenters. The number of rotatable bonds is 5. The van der Waals surface area contributed by atoms with Crippen LogP contribution in [0.15, 0.2) is 59.9 Å². The molecule has 4 rings (SSSR count). The third-order valence-electron chi connectivity index (χ3n) is 3.61. The van der Waals surface area contributed by atoms with E-state index >= 15 is 0 Å². The summed E-state index contributed by atoms with van der Waals surface area (Å²) in [4.78, 5) is 8.67. The van der Waals surface area contributed by atoms with Crippen LogP contribution in [0, 0.1) is 6.92 Å². The number of nitrogens with one attached hydrogen (secondary N) is 1. The number of nitrogens with zero attached hydrogens (tertiary/aromatic N) is 3. The first-order valence-electron chi connectivity index (χ1n) is 12.3. The van der Waals surface area contributed by atoms with Gasteiger partial charge in [0.1, 0.15) is 5.75 Å². The van der Waals surface area contributed by atoms with E-state index < -0.39 is 59.4 Å². The van der Waals surface area contributed by atoms with E-state index in [1.807, 2.05) is 0 Å². The van der Waals surface area contributed by atoms with E-state index in [1.165, 1.54) is 7.11 Å². The summed E-state index contributed by atoms with van der Waals surface area (Å²) in [6, 6.07) is -3.12. The fourth-order valence-electron chi connectivity index (χ4n) is 2.27. The number of fused-ring (bicyclic) bond motifs is 1. The minimum Gasteiger partial charge on any atom is -0.609 e. The number of methoxy groups -OCH3 is 1. The van der Waals surface area contributed by atoms with Crippen LogP contribution in [-0.2, 0) is 16.9 Å². The van der Waals surface area contributed by atoms with Gasteiger partial charge in [-0.15, -0.1) is 0 Å². The van der Waals surface area contributed by atoms with Gasteiger partial charge in [-0.2, -0.15) is 4.98 Å². The normalized spacial score (nSPS) is 17.8. The van der Waals surface area contributed by atoms with Gasteiger partial charge < -0.3 is 13.9 Å². The van der Waals surface area contributed by atoms with Gasteiger partial charge in [-0.1, -0.05) is 0 Å². The maximum absolute atomic E-state index is 13.2. The van der Waals surface area contributed by atoms with Gasteiger partial charge >= 0.3 is 5.16 Å². The molecular weight excluding hydrogens is 348 g/mol. The Morgan fingerprint density at radius 3 is 2.92 bits per heavy atom. The van der Waals surface area contributed by atoms with Gasteiger partial charge in [0, 0.05) is 40.9 Å². The fourth-order valence-corrected chi connectivity index (χ4v) is 3.31.